The van der Waals surface area contributed by atoms with Crippen molar-refractivity contribution in [2.75, 3.05) is 12.4 Å². The van der Waals surface area contributed by atoms with Gasteiger partial charge in [-0.2, -0.15) is 0 Å². The Morgan fingerprint density at radius 2 is 2.08 bits per heavy atom. The van der Waals surface area contributed by atoms with Crippen LogP contribution >= 0.6 is 0 Å². The standard InChI is InChI=1S/C11H14N2/c1-8-6-9(12-2)7-11-10(8)4-5-13(11)3/h4-7,12H,1-3H3. The number of aromatic nitrogens is 1. The summed E-state index contributed by atoms with van der Waals surface area (Å²) in [6, 6.07) is 6.49. The van der Waals surface area contributed by atoms with Gasteiger partial charge in [-0.1, -0.05) is 0 Å². The Balaban J connectivity index is 2.80. The molecule has 0 aliphatic heterocycles. The molecule has 1 aromatic heterocycles. The molecule has 68 valence electrons. The molecule has 2 rings (SSSR count). The predicted octanol–water partition coefficient (Wildman–Crippen LogP) is 2.53. The third kappa shape index (κ3) is 1.18. The molecule has 0 aliphatic carbocycles. The number of benzene rings is 1. The lowest BCUT2D eigenvalue weighted by Gasteiger charge is -2.04. The summed E-state index contributed by atoms with van der Waals surface area (Å²) in [6.07, 6.45) is 2.09. The maximum absolute atomic E-state index is 3.16. The maximum Gasteiger partial charge on any atom is 0.0501 e. The van der Waals surface area contributed by atoms with Gasteiger partial charge in [0.2, 0.25) is 0 Å². The number of nitrogens with one attached hydrogen (secondary N) is 1. The summed E-state index contributed by atoms with van der Waals surface area (Å²) in [7, 11) is 4.02. The van der Waals surface area contributed by atoms with Crippen molar-refractivity contribution in [2.45, 2.75) is 6.92 Å². The summed E-state index contributed by atoms with van der Waals surface area (Å²) in [6.45, 7) is 2.14. The van der Waals surface area contributed by atoms with Crippen molar-refractivity contribution in [1.29, 1.82) is 0 Å². The fraction of sp³-hybridized carbons (Fsp3) is 0.273. The fourth-order valence-electron chi connectivity index (χ4n) is 1.70. The average molecular weight is 174 g/mol. The molecule has 2 aromatic rings. The lowest BCUT2D eigenvalue weighted by Crippen LogP contribution is -1.91. The van der Waals surface area contributed by atoms with Crippen molar-refractivity contribution in [3.05, 3.63) is 30.0 Å². The Morgan fingerprint density at radius 3 is 2.77 bits per heavy atom. The van der Waals surface area contributed by atoms with Gasteiger partial charge in [-0.3, -0.25) is 0 Å². The van der Waals surface area contributed by atoms with E-state index < -0.39 is 0 Å². The van der Waals surface area contributed by atoms with E-state index >= 15 is 0 Å². The lowest BCUT2D eigenvalue weighted by atomic mass is 10.1. The van der Waals surface area contributed by atoms with Crippen LogP contribution in [0.3, 0.4) is 0 Å². The van der Waals surface area contributed by atoms with E-state index in [-0.39, 0.29) is 0 Å². The van der Waals surface area contributed by atoms with Crippen LogP contribution in [0.15, 0.2) is 24.4 Å². The smallest absolute Gasteiger partial charge is 0.0501 e. The zero-order chi connectivity index (χ0) is 9.42. The molecular weight excluding hydrogens is 160 g/mol. The summed E-state index contributed by atoms with van der Waals surface area (Å²) < 4.78 is 2.14. The van der Waals surface area contributed by atoms with Gasteiger partial charge in [-0.15, -0.1) is 0 Å². The summed E-state index contributed by atoms with van der Waals surface area (Å²) in [5.41, 5.74) is 3.78. The van der Waals surface area contributed by atoms with Gasteiger partial charge >= 0.3 is 0 Å². The number of hydrogen-bond acceptors (Lipinski definition) is 1. The van der Waals surface area contributed by atoms with E-state index in [4.69, 9.17) is 0 Å². The topological polar surface area (TPSA) is 17.0 Å². The molecule has 0 aliphatic rings. The highest BCUT2D eigenvalue weighted by Crippen LogP contribution is 2.23. The van der Waals surface area contributed by atoms with Gasteiger partial charge in [-0.05, 0) is 30.7 Å². The lowest BCUT2D eigenvalue weighted by molar-refractivity contribution is 0.969. The zero-order valence-corrected chi connectivity index (χ0v) is 8.26. The Labute approximate surface area is 78.2 Å². The minimum absolute atomic E-state index is 1.17. The van der Waals surface area contributed by atoms with Gasteiger partial charge in [0.25, 0.3) is 0 Å². The Hall–Kier alpha value is -1.44. The van der Waals surface area contributed by atoms with Gasteiger partial charge in [0.15, 0.2) is 0 Å². The van der Waals surface area contributed by atoms with E-state index in [9.17, 15) is 0 Å². The van der Waals surface area contributed by atoms with E-state index in [2.05, 4.69) is 48.3 Å². The van der Waals surface area contributed by atoms with E-state index in [1.165, 1.54) is 22.2 Å². The first-order valence-corrected chi connectivity index (χ1v) is 4.46. The van der Waals surface area contributed by atoms with Crippen LogP contribution in [0.5, 0.6) is 0 Å². The predicted molar refractivity (Wildman–Crippen MR) is 57.2 cm³/mol. The number of anilines is 1. The molecule has 0 bridgehead atoms. The van der Waals surface area contributed by atoms with Crippen LogP contribution in [0.4, 0.5) is 5.69 Å². The van der Waals surface area contributed by atoms with Crippen molar-refractivity contribution < 1.29 is 0 Å². The molecular formula is C11H14N2. The third-order valence-corrected chi connectivity index (χ3v) is 2.50. The first kappa shape index (κ1) is 8.17. The molecule has 2 nitrogen and oxygen atoms in total. The zero-order valence-electron chi connectivity index (χ0n) is 8.26. The molecule has 0 atom stereocenters. The highest BCUT2D eigenvalue weighted by atomic mass is 14.9. The second-order valence-electron chi connectivity index (χ2n) is 3.40. The molecule has 13 heavy (non-hydrogen) atoms. The van der Waals surface area contributed by atoms with E-state index in [0.29, 0.717) is 0 Å². The van der Waals surface area contributed by atoms with Crippen molar-refractivity contribution >= 4 is 16.6 Å². The first-order valence-electron chi connectivity index (χ1n) is 4.46. The second kappa shape index (κ2) is 2.80. The van der Waals surface area contributed by atoms with Gasteiger partial charge < -0.3 is 9.88 Å². The van der Waals surface area contributed by atoms with Crippen LogP contribution in [0.2, 0.25) is 0 Å². The van der Waals surface area contributed by atoms with Gasteiger partial charge in [0.05, 0.1) is 5.52 Å². The monoisotopic (exact) mass is 174 g/mol. The quantitative estimate of drug-likeness (QED) is 0.703. The van der Waals surface area contributed by atoms with Crippen LogP contribution in [-0.2, 0) is 7.05 Å². The minimum Gasteiger partial charge on any atom is -0.388 e. The molecule has 0 radical (unpaired) electrons. The highest BCUT2D eigenvalue weighted by Gasteiger charge is 2.02. The van der Waals surface area contributed by atoms with Crippen LogP contribution in [0.25, 0.3) is 10.9 Å². The summed E-state index contributed by atoms with van der Waals surface area (Å²) in [4.78, 5) is 0. The van der Waals surface area contributed by atoms with Crippen molar-refractivity contribution in [1.82, 2.24) is 4.57 Å². The van der Waals surface area contributed by atoms with E-state index in [1.54, 1.807) is 0 Å². The largest absolute Gasteiger partial charge is 0.388 e. The third-order valence-electron chi connectivity index (χ3n) is 2.50. The molecule has 0 spiro atoms. The average Bonchev–Trinajstić information content (AvgIpc) is 2.48. The summed E-state index contributed by atoms with van der Waals surface area (Å²) in [5.74, 6) is 0. The maximum atomic E-state index is 3.16. The summed E-state index contributed by atoms with van der Waals surface area (Å²) in [5, 5.41) is 4.50. The number of hydrogen-bond donors (Lipinski definition) is 1. The second-order valence-corrected chi connectivity index (χ2v) is 3.40. The van der Waals surface area contributed by atoms with Crippen LogP contribution in [0, 0.1) is 6.92 Å². The SMILES string of the molecule is CNc1cc(C)c2ccn(C)c2c1. The van der Waals surface area contributed by atoms with Gasteiger partial charge in [0.1, 0.15) is 0 Å². The van der Waals surface area contributed by atoms with E-state index in [1.807, 2.05) is 7.05 Å². The molecule has 1 heterocycles. The van der Waals surface area contributed by atoms with Gasteiger partial charge in [-0.25, -0.2) is 0 Å². The molecule has 0 unspecified atom stereocenters. The number of aryl methyl sites for hydroxylation is 2. The minimum atomic E-state index is 1.17. The fourth-order valence-corrected chi connectivity index (χ4v) is 1.70. The molecule has 0 amide bonds. The Bertz CT molecular complexity index is 441. The molecule has 0 saturated heterocycles. The number of rotatable bonds is 1. The van der Waals surface area contributed by atoms with Gasteiger partial charge in [0, 0.05) is 31.4 Å². The molecule has 0 saturated carbocycles. The number of fused-ring (bicyclic) bond motifs is 1. The highest BCUT2D eigenvalue weighted by molar-refractivity contribution is 5.86. The molecule has 2 heteroatoms. The van der Waals surface area contributed by atoms with Crippen LogP contribution in [-0.4, -0.2) is 11.6 Å². The Kier molecular flexibility index (Phi) is 1.76. The molecule has 0 fully saturated rings. The Morgan fingerprint density at radius 1 is 1.31 bits per heavy atom. The normalized spacial score (nSPS) is 10.7. The number of nitrogens with zero attached hydrogens (tertiary/aromatic N) is 1. The molecule has 1 N–H and O–H groups in total. The summed E-state index contributed by atoms with van der Waals surface area (Å²) >= 11 is 0. The van der Waals surface area contributed by atoms with Crippen molar-refractivity contribution in [2.24, 2.45) is 7.05 Å². The van der Waals surface area contributed by atoms with Crippen LogP contribution in [0.1, 0.15) is 5.56 Å². The van der Waals surface area contributed by atoms with Crippen LogP contribution < -0.4 is 5.32 Å². The first-order chi connectivity index (χ1) is 6.22. The van der Waals surface area contributed by atoms with E-state index in [0.717, 1.165) is 0 Å². The van der Waals surface area contributed by atoms with Crippen molar-refractivity contribution in [3.8, 4) is 0 Å². The molecule has 1 aromatic carbocycles. The van der Waals surface area contributed by atoms with Crippen molar-refractivity contribution in [3.63, 3.8) is 0 Å².